The smallest absolute Gasteiger partial charge is 0.287 e. The maximum absolute atomic E-state index is 12.6. The van der Waals surface area contributed by atoms with Gasteiger partial charge in [-0.1, -0.05) is 11.6 Å². The molecular formula is C20H19ClN2O4S2. The number of amides is 1. The van der Waals surface area contributed by atoms with Gasteiger partial charge in [0.25, 0.3) is 5.91 Å². The lowest BCUT2D eigenvalue weighted by Gasteiger charge is -2.69. The number of halogens is 1. The molecule has 1 N–H and O–H groups in total. The molecule has 152 valence electrons. The zero-order valence-electron chi connectivity index (χ0n) is 15.7. The Balaban J connectivity index is 1.23. The van der Waals surface area contributed by atoms with Crippen LogP contribution in [0.15, 0.2) is 39.8 Å². The van der Waals surface area contributed by atoms with Gasteiger partial charge in [0.1, 0.15) is 5.01 Å². The fourth-order valence-electron chi connectivity index (χ4n) is 4.40. The number of carbonyl (C=O) groups is 1. The van der Waals surface area contributed by atoms with Crippen molar-refractivity contribution in [3.63, 3.8) is 0 Å². The Bertz CT molecular complexity index is 1120. The van der Waals surface area contributed by atoms with Crippen LogP contribution < -0.4 is 5.32 Å². The normalized spacial score (nSPS) is 26.0. The van der Waals surface area contributed by atoms with Gasteiger partial charge in [0.05, 0.1) is 33.4 Å². The topological polar surface area (TPSA) is 81.4 Å². The van der Waals surface area contributed by atoms with Crippen LogP contribution in [-0.4, -0.2) is 40.1 Å². The maximum Gasteiger partial charge on any atom is 0.287 e. The SMILES string of the molecule is COCCS(=O)c1ccc(C(=O)NC23CC(c4nc5cc(Cl)ccc5s4)(C2)C3)o1. The van der Waals surface area contributed by atoms with Crippen molar-refractivity contribution in [2.75, 3.05) is 19.5 Å². The van der Waals surface area contributed by atoms with Crippen molar-refractivity contribution in [1.29, 1.82) is 0 Å². The fourth-order valence-corrected chi connectivity index (χ4v) is 6.62. The van der Waals surface area contributed by atoms with Gasteiger partial charge in [-0.3, -0.25) is 9.00 Å². The van der Waals surface area contributed by atoms with E-state index in [-0.39, 0.29) is 22.6 Å². The van der Waals surface area contributed by atoms with E-state index < -0.39 is 10.8 Å². The van der Waals surface area contributed by atoms with Crippen LogP contribution in [0.5, 0.6) is 0 Å². The van der Waals surface area contributed by atoms with E-state index in [1.165, 1.54) is 0 Å². The summed E-state index contributed by atoms with van der Waals surface area (Å²) < 4.78 is 23.7. The summed E-state index contributed by atoms with van der Waals surface area (Å²) in [4.78, 5) is 17.4. The predicted molar refractivity (Wildman–Crippen MR) is 112 cm³/mol. The molecule has 2 heterocycles. The van der Waals surface area contributed by atoms with Crippen LogP contribution in [0.3, 0.4) is 0 Å². The molecule has 1 amide bonds. The molecule has 0 aliphatic heterocycles. The number of benzene rings is 1. The minimum Gasteiger partial charge on any atom is -0.442 e. The molecular weight excluding hydrogens is 432 g/mol. The summed E-state index contributed by atoms with van der Waals surface area (Å²) in [5.74, 6) is 0.272. The highest BCUT2D eigenvalue weighted by Crippen LogP contribution is 2.68. The minimum absolute atomic E-state index is 0.0689. The Morgan fingerprint density at radius 2 is 2.14 bits per heavy atom. The van der Waals surface area contributed by atoms with Gasteiger partial charge in [-0.15, -0.1) is 11.3 Å². The molecule has 6 nitrogen and oxygen atoms in total. The maximum atomic E-state index is 12.6. The van der Waals surface area contributed by atoms with E-state index in [0.717, 1.165) is 34.5 Å². The highest BCUT2D eigenvalue weighted by Gasteiger charge is 2.70. The highest BCUT2D eigenvalue weighted by molar-refractivity contribution is 7.84. The number of ether oxygens (including phenoxy) is 1. The van der Waals surface area contributed by atoms with Crippen LogP contribution >= 0.6 is 22.9 Å². The second-order valence-corrected chi connectivity index (χ2v) is 10.8. The van der Waals surface area contributed by atoms with Crippen LogP contribution in [0.1, 0.15) is 34.8 Å². The molecule has 1 aromatic carbocycles. The second-order valence-electron chi connectivity index (χ2n) is 7.84. The van der Waals surface area contributed by atoms with Crippen LogP contribution in [0.2, 0.25) is 5.02 Å². The van der Waals surface area contributed by atoms with Gasteiger partial charge >= 0.3 is 0 Å². The first-order chi connectivity index (χ1) is 13.9. The van der Waals surface area contributed by atoms with Gasteiger partial charge in [0.2, 0.25) is 0 Å². The monoisotopic (exact) mass is 450 g/mol. The average molecular weight is 451 g/mol. The Labute approximate surface area is 179 Å². The first kappa shape index (κ1) is 19.2. The van der Waals surface area contributed by atoms with Gasteiger partial charge in [-0.05, 0) is 49.6 Å². The molecule has 6 rings (SSSR count). The third kappa shape index (κ3) is 3.22. The first-order valence-electron chi connectivity index (χ1n) is 9.28. The van der Waals surface area contributed by atoms with Crippen molar-refractivity contribution < 1.29 is 18.2 Å². The number of thiazole rings is 1. The number of carbonyl (C=O) groups excluding carboxylic acids is 1. The molecule has 2 bridgehead atoms. The molecule has 3 aliphatic rings. The number of nitrogens with one attached hydrogen (secondary N) is 1. The van der Waals surface area contributed by atoms with E-state index in [1.807, 2.05) is 18.2 Å². The minimum atomic E-state index is -1.31. The third-order valence-corrected chi connectivity index (χ3v) is 8.44. The number of furan rings is 1. The summed E-state index contributed by atoms with van der Waals surface area (Å²) in [5.41, 5.74) is 0.818. The first-order valence-corrected chi connectivity index (χ1v) is 11.8. The number of methoxy groups -OCH3 is 1. The molecule has 2 aromatic heterocycles. The van der Waals surface area contributed by atoms with Crippen molar-refractivity contribution in [2.45, 2.75) is 35.3 Å². The van der Waals surface area contributed by atoms with Gasteiger partial charge in [-0.2, -0.15) is 0 Å². The third-order valence-electron chi connectivity index (χ3n) is 5.71. The van der Waals surface area contributed by atoms with Gasteiger partial charge < -0.3 is 14.5 Å². The zero-order valence-corrected chi connectivity index (χ0v) is 18.1. The van der Waals surface area contributed by atoms with Gasteiger partial charge in [0, 0.05) is 23.1 Å². The Morgan fingerprint density at radius 1 is 1.34 bits per heavy atom. The number of hydrogen-bond donors (Lipinski definition) is 1. The van der Waals surface area contributed by atoms with Crippen molar-refractivity contribution >= 4 is 49.9 Å². The molecule has 0 spiro atoms. The van der Waals surface area contributed by atoms with Crippen LogP contribution in [0.25, 0.3) is 10.2 Å². The Kier molecular flexibility index (Phi) is 4.58. The Hall–Kier alpha value is -1.74. The molecule has 0 radical (unpaired) electrons. The van der Waals surface area contributed by atoms with E-state index in [4.69, 9.17) is 25.7 Å². The number of aromatic nitrogens is 1. The van der Waals surface area contributed by atoms with E-state index >= 15 is 0 Å². The van der Waals surface area contributed by atoms with Gasteiger partial charge in [-0.25, -0.2) is 4.98 Å². The lowest BCUT2D eigenvalue weighted by Crippen LogP contribution is -2.76. The predicted octanol–water partition coefficient (Wildman–Crippen LogP) is 3.90. The summed E-state index contributed by atoms with van der Waals surface area (Å²) in [6.07, 6.45) is 2.64. The number of hydrogen-bond acceptors (Lipinski definition) is 6. The van der Waals surface area contributed by atoms with Crippen LogP contribution in [-0.2, 0) is 21.0 Å². The number of fused-ring (bicyclic) bond motifs is 1. The molecule has 3 fully saturated rings. The number of rotatable bonds is 7. The standard InChI is InChI=1S/C20H19ClN2O4S2/c1-26-6-7-29(25)16-5-3-14(27-16)17(24)23-20-9-19(10-20,11-20)18-22-13-8-12(21)2-4-15(13)28-18/h2-5,8H,6-7,9-11H2,1H3,(H,23,24). The van der Waals surface area contributed by atoms with Crippen LogP contribution in [0, 0.1) is 0 Å². The summed E-state index contributed by atoms with van der Waals surface area (Å²) in [6.45, 7) is 0.373. The number of nitrogens with zero attached hydrogens (tertiary/aromatic N) is 1. The molecule has 3 aliphatic carbocycles. The van der Waals surface area contributed by atoms with Crippen LogP contribution in [0.4, 0.5) is 0 Å². The van der Waals surface area contributed by atoms with Crippen molar-refractivity contribution in [3.8, 4) is 0 Å². The quantitative estimate of drug-likeness (QED) is 0.590. The van der Waals surface area contributed by atoms with E-state index in [0.29, 0.717) is 22.5 Å². The summed E-state index contributed by atoms with van der Waals surface area (Å²) in [7, 11) is 0.244. The van der Waals surface area contributed by atoms with E-state index in [2.05, 4.69) is 5.32 Å². The fraction of sp³-hybridized carbons (Fsp3) is 0.400. The molecule has 1 unspecified atom stereocenters. The molecule has 3 saturated carbocycles. The molecule has 29 heavy (non-hydrogen) atoms. The summed E-state index contributed by atoms with van der Waals surface area (Å²) >= 11 is 7.78. The molecule has 3 aromatic rings. The lowest BCUT2D eigenvalue weighted by molar-refractivity contribution is -0.0811. The highest BCUT2D eigenvalue weighted by atomic mass is 35.5. The van der Waals surface area contributed by atoms with Gasteiger partial charge in [0.15, 0.2) is 10.9 Å². The van der Waals surface area contributed by atoms with Crippen molar-refractivity contribution in [2.24, 2.45) is 0 Å². The largest absolute Gasteiger partial charge is 0.442 e. The van der Waals surface area contributed by atoms with Crippen molar-refractivity contribution in [3.05, 3.63) is 46.1 Å². The van der Waals surface area contributed by atoms with Crippen molar-refractivity contribution in [1.82, 2.24) is 10.3 Å². The average Bonchev–Trinajstić information content (AvgIpc) is 3.28. The second kappa shape index (κ2) is 6.91. The van der Waals surface area contributed by atoms with E-state index in [1.54, 1.807) is 30.6 Å². The summed E-state index contributed by atoms with van der Waals surface area (Å²) in [5, 5.41) is 5.22. The Morgan fingerprint density at radius 3 is 2.90 bits per heavy atom. The lowest BCUT2D eigenvalue weighted by atomic mass is 9.39. The molecule has 0 saturated heterocycles. The molecule has 1 atom stereocenters. The molecule has 9 heteroatoms. The van der Waals surface area contributed by atoms with E-state index in [9.17, 15) is 9.00 Å². The summed E-state index contributed by atoms with van der Waals surface area (Å²) in [6, 6.07) is 8.96. The zero-order chi connectivity index (χ0) is 20.2.